The average molecular weight is 327 g/mol. The fourth-order valence-electron chi connectivity index (χ4n) is 1.34. The third-order valence-corrected chi connectivity index (χ3v) is 3.42. The predicted octanol–water partition coefficient (Wildman–Crippen LogP) is 6.02. The lowest BCUT2D eigenvalue weighted by Crippen LogP contribution is -1.87. The van der Waals surface area contributed by atoms with E-state index in [2.05, 4.69) is 4.98 Å². The molecule has 0 radical (unpaired) electrons. The van der Waals surface area contributed by atoms with Gasteiger partial charge < -0.3 is 0 Å². The zero-order valence-electron chi connectivity index (χ0n) is 8.15. The molecule has 0 amide bonds. The molecule has 0 aliphatic rings. The number of halogens is 5. The molecule has 0 aliphatic carbocycles. The van der Waals surface area contributed by atoms with Crippen molar-refractivity contribution in [2.75, 3.05) is 0 Å². The SMILES string of the molecule is Clc1cc(Cl)cc(-c2nc(Cl)c(Cl)cc2Cl)c1. The van der Waals surface area contributed by atoms with Crippen LogP contribution in [0.2, 0.25) is 25.2 Å². The van der Waals surface area contributed by atoms with E-state index < -0.39 is 0 Å². The molecule has 0 unspecified atom stereocenters. The Kier molecular flexibility index (Phi) is 4.06. The summed E-state index contributed by atoms with van der Waals surface area (Å²) in [7, 11) is 0. The van der Waals surface area contributed by atoms with Gasteiger partial charge in [-0.1, -0.05) is 58.0 Å². The molecule has 1 aromatic heterocycles. The van der Waals surface area contributed by atoms with Crippen molar-refractivity contribution in [1.82, 2.24) is 4.98 Å². The number of hydrogen-bond acceptors (Lipinski definition) is 1. The number of aromatic nitrogens is 1. The highest BCUT2D eigenvalue weighted by Gasteiger charge is 2.11. The van der Waals surface area contributed by atoms with Crippen LogP contribution >= 0.6 is 58.0 Å². The van der Waals surface area contributed by atoms with Gasteiger partial charge in [-0.05, 0) is 24.3 Å². The molecule has 88 valence electrons. The van der Waals surface area contributed by atoms with Gasteiger partial charge in [0, 0.05) is 15.6 Å². The van der Waals surface area contributed by atoms with Gasteiger partial charge in [0.2, 0.25) is 0 Å². The molecule has 1 aromatic carbocycles. The molecule has 1 heterocycles. The molecule has 0 saturated carbocycles. The van der Waals surface area contributed by atoms with Crippen molar-refractivity contribution in [1.29, 1.82) is 0 Å². The van der Waals surface area contributed by atoms with Gasteiger partial charge >= 0.3 is 0 Å². The monoisotopic (exact) mass is 325 g/mol. The van der Waals surface area contributed by atoms with Crippen molar-refractivity contribution in [2.24, 2.45) is 0 Å². The van der Waals surface area contributed by atoms with Crippen LogP contribution in [-0.2, 0) is 0 Å². The maximum absolute atomic E-state index is 6.05. The second kappa shape index (κ2) is 5.21. The van der Waals surface area contributed by atoms with Crippen LogP contribution in [0.3, 0.4) is 0 Å². The van der Waals surface area contributed by atoms with Crippen LogP contribution < -0.4 is 0 Å². The average Bonchev–Trinajstić information content (AvgIpc) is 2.22. The zero-order chi connectivity index (χ0) is 12.6. The van der Waals surface area contributed by atoms with Crippen molar-refractivity contribution in [3.63, 3.8) is 0 Å². The van der Waals surface area contributed by atoms with Gasteiger partial charge in [-0.15, -0.1) is 0 Å². The summed E-state index contributed by atoms with van der Waals surface area (Å²) in [5.41, 5.74) is 1.18. The summed E-state index contributed by atoms with van der Waals surface area (Å²) in [4.78, 5) is 4.11. The molecule has 17 heavy (non-hydrogen) atoms. The summed E-state index contributed by atoms with van der Waals surface area (Å²) in [6.45, 7) is 0. The first-order chi connectivity index (χ1) is 7.97. The fourth-order valence-corrected chi connectivity index (χ4v) is 2.47. The summed E-state index contributed by atoms with van der Waals surface area (Å²) in [5, 5.41) is 1.86. The largest absolute Gasteiger partial charge is 0.233 e. The molecule has 0 atom stereocenters. The molecule has 0 saturated heterocycles. The molecule has 2 rings (SSSR count). The number of rotatable bonds is 1. The number of hydrogen-bond donors (Lipinski definition) is 0. The molecule has 0 bridgehead atoms. The molecule has 1 nitrogen and oxygen atoms in total. The second-order valence-electron chi connectivity index (χ2n) is 3.25. The van der Waals surface area contributed by atoms with Crippen LogP contribution in [0.5, 0.6) is 0 Å². The van der Waals surface area contributed by atoms with Crippen molar-refractivity contribution < 1.29 is 0 Å². The van der Waals surface area contributed by atoms with E-state index in [9.17, 15) is 0 Å². The van der Waals surface area contributed by atoms with Gasteiger partial charge in [-0.25, -0.2) is 4.98 Å². The van der Waals surface area contributed by atoms with E-state index in [0.29, 0.717) is 31.3 Å². The van der Waals surface area contributed by atoms with Gasteiger partial charge in [0.1, 0.15) is 5.15 Å². The topological polar surface area (TPSA) is 12.9 Å². The summed E-state index contributed by atoms with van der Waals surface area (Å²) in [6, 6.07) is 6.55. The van der Waals surface area contributed by atoms with E-state index in [0.717, 1.165) is 0 Å². The molecule has 6 heteroatoms. The van der Waals surface area contributed by atoms with Crippen molar-refractivity contribution >= 4 is 58.0 Å². The molecule has 2 aromatic rings. The van der Waals surface area contributed by atoms with Crippen molar-refractivity contribution in [2.45, 2.75) is 0 Å². The highest BCUT2D eigenvalue weighted by molar-refractivity contribution is 6.43. The van der Waals surface area contributed by atoms with Crippen LogP contribution in [-0.4, -0.2) is 4.98 Å². The van der Waals surface area contributed by atoms with Gasteiger partial charge in [-0.2, -0.15) is 0 Å². The Balaban J connectivity index is 2.64. The molecule has 0 fully saturated rings. The fraction of sp³-hybridized carbons (Fsp3) is 0. The summed E-state index contributed by atoms with van der Waals surface area (Å²) in [5.74, 6) is 0. The molecular weight excluding hydrogens is 323 g/mol. The lowest BCUT2D eigenvalue weighted by molar-refractivity contribution is 1.32. The maximum Gasteiger partial charge on any atom is 0.148 e. The lowest BCUT2D eigenvalue weighted by atomic mass is 10.1. The van der Waals surface area contributed by atoms with Crippen molar-refractivity contribution in [3.05, 3.63) is 49.5 Å². The Morgan fingerprint density at radius 3 is 1.88 bits per heavy atom. The Labute approximate surface area is 123 Å². The van der Waals surface area contributed by atoms with Crippen LogP contribution in [0.15, 0.2) is 24.3 Å². The predicted molar refractivity (Wildman–Crippen MR) is 74.7 cm³/mol. The van der Waals surface area contributed by atoms with Crippen LogP contribution in [0, 0.1) is 0 Å². The molecule has 0 aliphatic heterocycles. The van der Waals surface area contributed by atoms with Gasteiger partial charge in [0.25, 0.3) is 0 Å². The number of benzene rings is 1. The summed E-state index contributed by atoms with van der Waals surface area (Å²) < 4.78 is 0. The van der Waals surface area contributed by atoms with E-state index in [1.54, 1.807) is 18.2 Å². The maximum atomic E-state index is 6.05. The molecule has 0 spiro atoms. The third kappa shape index (κ3) is 2.98. The minimum atomic E-state index is 0.183. The van der Waals surface area contributed by atoms with Crippen molar-refractivity contribution in [3.8, 4) is 11.3 Å². The first-order valence-electron chi connectivity index (χ1n) is 4.45. The summed E-state index contributed by atoms with van der Waals surface area (Å²) >= 11 is 29.5. The number of pyridine rings is 1. The summed E-state index contributed by atoms with van der Waals surface area (Å²) in [6.07, 6.45) is 0. The minimum absolute atomic E-state index is 0.183. The van der Waals surface area contributed by atoms with E-state index in [1.807, 2.05) is 0 Å². The quantitative estimate of drug-likeness (QED) is 0.584. The Morgan fingerprint density at radius 1 is 0.706 bits per heavy atom. The molecular formula is C11H4Cl5N. The van der Waals surface area contributed by atoms with Gasteiger partial charge in [0.15, 0.2) is 0 Å². The van der Waals surface area contributed by atoms with Gasteiger partial charge in [0.05, 0.1) is 15.7 Å². The Bertz CT molecular complexity index is 562. The highest BCUT2D eigenvalue weighted by atomic mass is 35.5. The second-order valence-corrected chi connectivity index (χ2v) is 5.29. The first kappa shape index (κ1) is 13.3. The highest BCUT2D eigenvalue weighted by Crippen LogP contribution is 2.34. The smallest absolute Gasteiger partial charge is 0.148 e. The van der Waals surface area contributed by atoms with Crippen LogP contribution in [0.4, 0.5) is 0 Å². The zero-order valence-corrected chi connectivity index (χ0v) is 11.9. The standard InChI is InChI=1S/C11H4Cl5N/c12-6-1-5(2-7(13)3-6)10-8(14)4-9(15)11(16)17-10/h1-4H. The van der Waals surface area contributed by atoms with E-state index >= 15 is 0 Å². The van der Waals surface area contributed by atoms with Gasteiger partial charge in [-0.3, -0.25) is 0 Å². The number of nitrogens with zero attached hydrogens (tertiary/aromatic N) is 1. The first-order valence-corrected chi connectivity index (χ1v) is 6.34. The Hall–Kier alpha value is -0.180. The molecule has 0 N–H and O–H groups in total. The normalized spacial score (nSPS) is 10.6. The lowest BCUT2D eigenvalue weighted by Gasteiger charge is -2.06. The Morgan fingerprint density at radius 2 is 1.29 bits per heavy atom. The van der Waals surface area contributed by atoms with Crippen LogP contribution in [0.1, 0.15) is 0 Å². The third-order valence-electron chi connectivity index (χ3n) is 2.02. The van der Waals surface area contributed by atoms with E-state index in [4.69, 9.17) is 58.0 Å². The van der Waals surface area contributed by atoms with E-state index in [-0.39, 0.29) is 5.15 Å². The van der Waals surface area contributed by atoms with Crippen LogP contribution in [0.25, 0.3) is 11.3 Å². The van der Waals surface area contributed by atoms with E-state index in [1.165, 1.54) is 6.07 Å². The minimum Gasteiger partial charge on any atom is -0.233 e.